The first kappa shape index (κ1) is 14.5. The lowest BCUT2D eigenvalue weighted by Gasteiger charge is -2.24. The third-order valence-electron chi connectivity index (χ3n) is 4.21. The predicted octanol–water partition coefficient (Wildman–Crippen LogP) is 3.52. The van der Waals surface area contributed by atoms with Gasteiger partial charge in [-0.2, -0.15) is 0 Å². The lowest BCUT2D eigenvalue weighted by Crippen LogP contribution is -2.35. The van der Waals surface area contributed by atoms with Gasteiger partial charge in [0.1, 0.15) is 0 Å². The van der Waals surface area contributed by atoms with Gasteiger partial charge < -0.3 is 11.1 Å². The summed E-state index contributed by atoms with van der Waals surface area (Å²) in [5.74, 6) is 0. The summed E-state index contributed by atoms with van der Waals surface area (Å²) < 4.78 is 0. The molecule has 0 radical (unpaired) electrons. The quantitative estimate of drug-likeness (QED) is 0.869. The molecular formula is C17H28N2. The van der Waals surface area contributed by atoms with Crippen LogP contribution in [0, 0.1) is 0 Å². The van der Waals surface area contributed by atoms with Crippen LogP contribution in [0.2, 0.25) is 0 Å². The Kier molecular flexibility index (Phi) is 4.64. The monoisotopic (exact) mass is 260 g/mol. The second kappa shape index (κ2) is 6.06. The molecule has 1 aliphatic rings. The Morgan fingerprint density at radius 2 is 1.74 bits per heavy atom. The first-order valence-corrected chi connectivity index (χ1v) is 7.57. The van der Waals surface area contributed by atoms with Crippen LogP contribution in [-0.2, 0) is 5.41 Å². The van der Waals surface area contributed by atoms with Crippen LogP contribution in [0.4, 0.5) is 0 Å². The molecule has 0 spiro atoms. The summed E-state index contributed by atoms with van der Waals surface area (Å²) in [7, 11) is 0. The van der Waals surface area contributed by atoms with E-state index in [-0.39, 0.29) is 5.41 Å². The summed E-state index contributed by atoms with van der Waals surface area (Å²) in [6.07, 6.45) is 5.32. The Hall–Kier alpha value is -0.860. The van der Waals surface area contributed by atoms with Gasteiger partial charge in [-0.3, -0.25) is 0 Å². The van der Waals surface area contributed by atoms with Crippen LogP contribution in [0.25, 0.3) is 0 Å². The molecule has 0 bridgehead atoms. The van der Waals surface area contributed by atoms with Crippen molar-refractivity contribution < 1.29 is 0 Å². The molecule has 19 heavy (non-hydrogen) atoms. The van der Waals surface area contributed by atoms with Crippen molar-refractivity contribution in [1.29, 1.82) is 0 Å². The maximum absolute atomic E-state index is 5.94. The maximum Gasteiger partial charge on any atom is 0.0446 e. The van der Waals surface area contributed by atoms with Gasteiger partial charge in [-0.25, -0.2) is 0 Å². The standard InChI is InChI=1S/C17H28N2/c1-17(2,3)14-10-8-13(9-11-14)16(12-18)19-15-6-4-5-7-15/h8-11,15-16,19H,4-7,12,18H2,1-3H3. The molecule has 1 fully saturated rings. The van der Waals surface area contributed by atoms with Gasteiger partial charge in [0.05, 0.1) is 0 Å². The minimum Gasteiger partial charge on any atom is -0.329 e. The summed E-state index contributed by atoms with van der Waals surface area (Å²) >= 11 is 0. The first-order chi connectivity index (χ1) is 9.00. The molecule has 1 atom stereocenters. The van der Waals surface area contributed by atoms with E-state index in [0.717, 1.165) is 0 Å². The average Bonchev–Trinajstić information content (AvgIpc) is 2.88. The topological polar surface area (TPSA) is 38.0 Å². The summed E-state index contributed by atoms with van der Waals surface area (Å²) in [4.78, 5) is 0. The van der Waals surface area contributed by atoms with Crippen molar-refractivity contribution in [2.24, 2.45) is 5.73 Å². The number of nitrogens with two attached hydrogens (primary N) is 1. The van der Waals surface area contributed by atoms with Crippen LogP contribution in [0.1, 0.15) is 63.6 Å². The predicted molar refractivity (Wildman–Crippen MR) is 82.3 cm³/mol. The smallest absolute Gasteiger partial charge is 0.0446 e. The molecule has 3 N–H and O–H groups in total. The molecule has 0 saturated heterocycles. The van der Waals surface area contributed by atoms with Crippen molar-refractivity contribution in [2.45, 2.75) is 64.0 Å². The zero-order valence-corrected chi connectivity index (χ0v) is 12.6. The molecule has 0 aromatic heterocycles. The van der Waals surface area contributed by atoms with Crippen LogP contribution in [0.15, 0.2) is 24.3 Å². The van der Waals surface area contributed by atoms with Gasteiger partial charge in [0.15, 0.2) is 0 Å². The Morgan fingerprint density at radius 3 is 2.21 bits per heavy atom. The van der Waals surface area contributed by atoms with Crippen molar-refractivity contribution in [3.63, 3.8) is 0 Å². The highest BCUT2D eigenvalue weighted by Gasteiger charge is 2.20. The van der Waals surface area contributed by atoms with E-state index in [0.29, 0.717) is 18.6 Å². The number of nitrogens with one attached hydrogen (secondary N) is 1. The fourth-order valence-electron chi connectivity index (χ4n) is 2.89. The van der Waals surface area contributed by atoms with E-state index in [9.17, 15) is 0 Å². The third kappa shape index (κ3) is 3.80. The highest BCUT2D eigenvalue weighted by atomic mass is 15.0. The highest BCUT2D eigenvalue weighted by Crippen LogP contribution is 2.25. The fourth-order valence-corrected chi connectivity index (χ4v) is 2.89. The van der Waals surface area contributed by atoms with E-state index in [1.807, 2.05) is 0 Å². The van der Waals surface area contributed by atoms with Gasteiger partial charge >= 0.3 is 0 Å². The molecule has 1 aromatic carbocycles. The zero-order valence-electron chi connectivity index (χ0n) is 12.6. The van der Waals surface area contributed by atoms with Crippen molar-refractivity contribution in [3.8, 4) is 0 Å². The first-order valence-electron chi connectivity index (χ1n) is 7.57. The SMILES string of the molecule is CC(C)(C)c1ccc(C(CN)NC2CCCC2)cc1. The van der Waals surface area contributed by atoms with Gasteiger partial charge in [-0.05, 0) is 29.4 Å². The minimum absolute atomic E-state index is 0.218. The molecule has 2 heteroatoms. The normalized spacial score (nSPS) is 18.7. The summed E-state index contributed by atoms with van der Waals surface area (Å²) in [5, 5.41) is 3.72. The van der Waals surface area contributed by atoms with E-state index >= 15 is 0 Å². The minimum atomic E-state index is 0.218. The van der Waals surface area contributed by atoms with Gasteiger partial charge in [0.2, 0.25) is 0 Å². The Bertz CT molecular complexity index is 383. The molecule has 0 amide bonds. The van der Waals surface area contributed by atoms with Crippen LogP contribution >= 0.6 is 0 Å². The molecule has 1 saturated carbocycles. The molecule has 2 nitrogen and oxygen atoms in total. The molecule has 0 aliphatic heterocycles. The molecule has 106 valence electrons. The molecular weight excluding hydrogens is 232 g/mol. The average molecular weight is 260 g/mol. The summed E-state index contributed by atoms with van der Waals surface area (Å²) in [6.45, 7) is 7.42. The van der Waals surface area contributed by atoms with Gasteiger partial charge in [-0.1, -0.05) is 57.9 Å². The highest BCUT2D eigenvalue weighted by molar-refractivity contribution is 5.29. The molecule has 0 heterocycles. The maximum atomic E-state index is 5.94. The van der Waals surface area contributed by atoms with E-state index < -0.39 is 0 Å². The van der Waals surface area contributed by atoms with E-state index in [1.165, 1.54) is 36.8 Å². The lowest BCUT2D eigenvalue weighted by atomic mass is 9.86. The number of rotatable bonds is 4. The zero-order chi connectivity index (χ0) is 13.9. The van der Waals surface area contributed by atoms with E-state index in [1.54, 1.807) is 0 Å². The van der Waals surface area contributed by atoms with Crippen LogP contribution in [-0.4, -0.2) is 12.6 Å². The van der Waals surface area contributed by atoms with Crippen LogP contribution in [0.3, 0.4) is 0 Å². The van der Waals surface area contributed by atoms with Crippen molar-refractivity contribution in [1.82, 2.24) is 5.32 Å². The number of hydrogen-bond donors (Lipinski definition) is 2. The fraction of sp³-hybridized carbons (Fsp3) is 0.647. The third-order valence-corrected chi connectivity index (χ3v) is 4.21. The Balaban J connectivity index is 2.05. The number of hydrogen-bond acceptors (Lipinski definition) is 2. The van der Waals surface area contributed by atoms with Crippen LogP contribution < -0.4 is 11.1 Å². The van der Waals surface area contributed by atoms with Gasteiger partial charge in [-0.15, -0.1) is 0 Å². The second-order valence-corrected chi connectivity index (χ2v) is 6.81. The van der Waals surface area contributed by atoms with Gasteiger partial charge in [0.25, 0.3) is 0 Å². The molecule has 1 unspecified atom stereocenters. The lowest BCUT2D eigenvalue weighted by molar-refractivity contribution is 0.444. The van der Waals surface area contributed by atoms with E-state index in [4.69, 9.17) is 5.73 Å². The summed E-state index contributed by atoms with van der Waals surface area (Å²) in [6, 6.07) is 9.93. The van der Waals surface area contributed by atoms with Crippen molar-refractivity contribution >= 4 is 0 Å². The van der Waals surface area contributed by atoms with Crippen LogP contribution in [0.5, 0.6) is 0 Å². The van der Waals surface area contributed by atoms with Gasteiger partial charge in [0, 0.05) is 18.6 Å². The van der Waals surface area contributed by atoms with Crippen molar-refractivity contribution in [3.05, 3.63) is 35.4 Å². The molecule has 1 aromatic rings. The Morgan fingerprint density at radius 1 is 1.16 bits per heavy atom. The molecule has 2 rings (SSSR count). The largest absolute Gasteiger partial charge is 0.329 e. The summed E-state index contributed by atoms with van der Waals surface area (Å²) in [5.41, 5.74) is 8.87. The molecule has 1 aliphatic carbocycles. The van der Waals surface area contributed by atoms with Crippen molar-refractivity contribution in [2.75, 3.05) is 6.54 Å². The Labute approximate surface area is 117 Å². The van der Waals surface area contributed by atoms with E-state index in [2.05, 4.69) is 50.4 Å². The second-order valence-electron chi connectivity index (χ2n) is 6.81. The number of benzene rings is 1.